The van der Waals surface area contributed by atoms with E-state index in [1.54, 1.807) is 18.7 Å². The fourth-order valence-corrected chi connectivity index (χ4v) is 2.11. The van der Waals surface area contributed by atoms with Gasteiger partial charge in [-0.2, -0.15) is 5.10 Å². The van der Waals surface area contributed by atoms with E-state index in [2.05, 4.69) is 5.10 Å². The van der Waals surface area contributed by atoms with Crippen LogP contribution in [0.15, 0.2) is 0 Å². The van der Waals surface area contributed by atoms with Gasteiger partial charge in [-0.05, 0) is 27.7 Å². The lowest BCUT2D eigenvalue weighted by atomic mass is 10.3. The Labute approximate surface area is 112 Å². The van der Waals surface area contributed by atoms with Crippen molar-refractivity contribution < 1.29 is 9.72 Å². The maximum atomic E-state index is 11.9. The Bertz CT molecular complexity index is 478. The first-order valence-electron chi connectivity index (χ1n) is 6.38. The molecule has 0 spiro atoms. The number of hydrogen-bond acceptors (Lipinski definition) is 4. The van der Waals surface area contributed by atoms with Crippen LogP contribution in [-0.2, 0) is 11.3 Å². The summed E-state index contributed by atoms with van der Waals surface area (Å²) in [6.45, 7) is 8.83. The average molecular weight is 268 g/mol. The molecular formula is C12H20N4O3. The molecule has 106 valence electrons. The number of hydrogen-bond donors (Lipinski definition) is 0. The van der Waals surface area contributed by atoms with Crippen molar-refractivity contribution in [2.45, 2.75) is 40.7 Å². The average Bonchev–Trinajstić information content (AvgIpc) is 2.63. The molecule has 0 N–H and O–H groups in total. The van der Waals surface area contributed by atoms with Gasteiger partial charge in [-0.15, -0.1) is 0 Å². The highest BCUT2D eigenvalue weighted by Gasteiger charge is 2.22. The van der Waals surface area contributed by atoms with E-state index < -0.39 is 4.92 Å². The third-order valence-electron chi connectivity index (χ3n) is 3.18. The van der Waals surface area contributed by atoms with Crippen LogP contribution in [0.4, 0.5) is 5.69 Å². The van der Waals surface area contributed by atoms with Gasteiger partial charge in [0, 0.05) is 19.5 Å². The van der Waals surface area contributed by atoms with Crippen LogP contribution in [0.1, 0.15) is 31.7 Å². The summed E-state index contributed by atoms with van der Waals surface area (Å²) in [6, 6.07) is 0. The molecule has 0 unspecified atom stereocenters. The molecule has 1 amide bonds. The highest BCUT2D eigenvalue weighted by molar-refractivity contribution is 5.76. The smallest absolute Gasteiger partial charge is 0.312 e. The third kappa shape index (κ3) is 3.30. The molecule has 19 heavy (non-hydrogen) atoms. The fourth-order valence-electron chi connectivity index (χ4n) is 2.11. The highest BCUT2D eigenvalue weighted by Crippen LogP contribution is 2.21. The van der Waals surface area contributed by atoms with Crippen LogP contribution < -0.4 is 0 Å². The lowest BCUT2D eigenvalue weighted by molar-refractivity contribution is -0.386. The Kier molecular flexibility index (Phi) is 5.02. The second-order valence-corrected chi connectivity index (χ2v) is 4.32. The molecule has 1 aromatic heterocycles. The molecule has 0 aliphatic carbocycles. The predicted molar refractivity (Wildman–Crippen MR) is 70.9 cm³/mol. The minimum atomic E-state index is -0.430. The zero-order valence-corrected chi connectivity index (χ0v) is 11.8. The van der Waals surface area contributed by atoms with Crippen molar-refractivity contribution >= 4 is 11.6 Å². The lowest BCUT2D eigenvalue weighted by Gasteiger charge is -2.18. The summed E-state index contributed by atoms with van der Waals surface area (Å²) >= 11 is 0. The minimum absolute atomic E-state index is 0.0373. The van der Waals surface area contributed by atoms with Crippen LogP contribution in [0.25, 0.3) is 0 Å². The Morgan fingerprint density at radius 1 is 1.37 bits per heavy atom. The number of amides is 1. The molecule has 0 saturated carbocycles. The molecule has 1 aromatic rings. The molecule has 7 nitrogen and oxygen atoms in total. The van der Waals surface area contributed by atoms with Gasteiger partial charge < -0.3 is 4.90 Å². The molecular weight excluding hydrogens is 248 g/mol. The van der Waals surface area contributed by atoms with E-state index in [1.165, 1.54) is 4.68 Å². The summed E-state index contributed by atoms with van der Waals surface area (Å²) in [6.07, 6.45) is 0.306. The van der Waals surface area contributed by atoms with Gasteiger partial charge in [0.1, 0.15) is 11.4 Å². The molecule has 0 bridgehead atoms. The number of nitro groups is 1. The van der Waals surface area contributed by atoms with Crippen molar-refractivity contribution in [3.8, 4) is 0 Å². The molecule has 0 saturated heterocycles. The number of carbonyl (C=O) groups excluding carboxylic acids is 1. The lowest BCUT2D eigenvalue weighted by Crippen LogP contribution is -2.31. The van der Waals surface area contributed by atoms with Gasteiger partial charge >= 0.3 is 5.69 Å². The van der Waals surface area contributed by atoms with Crippen molar-refractivity contribution in [1.29, 1.82) is 0 Å². The normalized spacial score (nSPS) is 10.5. The molecule has 0 aliphatic heterocycles. The monoisotopic (exact) mass is 268 g/mol. The molecule has 0 aromatic carbocycles. The van der Waals surface area contributed by atoms with Gasteiger partial charge in [-0.25, -0.2) is 0 Å². The molecule has 0 atom stereocenters. The van der Waals surface area contributed by atoms with Crippen molar-refractivity contribution in [1.82, 2.24) is 14.7 Å². The van der Waals surface area contributed by atoms with Gasteiger partial charge in [-0.3, -0.25) is 19.6 Å². The van der Waals surface area contributed by atoms with Crippen molar-refractivity contribution in [3.63, 3.8) is 0 Å². The second kappa shape index (κ2) is 6.31. The molecule has 1 rings (SSSR count). The number of aromatic nitrogens is 2. The number of carbonyl (C=O) groups is 1. The summed E-state index contributed by atoms with van der Waals surface area (Å²) in [4.78, 5) is 24.0. The molecule has 1 heterocycles. The maximum absolute atomic E-state index is 11.9. The van der Waals surface area contributed by atoms with Gasteiger partial charge in [0.25, 0.3) is 0 Å². The van der Waals surface area contributed by atoms with Crippen molar-refractivity contribution in [2.24, 2.45) is 0 Å². The van der Waals surface area contributed by atoms with Crippen LogP contribution in [0, 0.1) is 24.0 Å². The van der Waals surface area contributed by atoms with Crippen LogP contribution in [0.2, 0.25) is 0 Å². The van der Waals surface area contributed by atoms with E-state index in [0.29, 0.717) is 37.4 Å². The van der Waals surface area contributed by atoms with E-state index in [1.807, 2.05) is 13.8 Å². The van der Waals surface area contributed by atoms with E-state index in [9.17, 15) is 14.9 Å². The predicted octanol–water partition coefficient (Wildman–Crippen LogP) is 1.67. The van der Waals surface area contributed by atoms with Gasteiger partial charge in [0.15, 0.2) is 0 Å². The van der Waals surface area contributed by atoms with Gasteiger partial charge in [-0.1, -0.05) is 0 Å². The summed E-state index contributed by atoms with van der Waals surface area (Å²) in [5.74, 6) is 0.0419. The zero-order valence-electron chi connectivity index (χ0n) is 11.8. The van der Waals surface area contributed by atoms with Crippen molar-refractivity contribution in [3.05, 3.63) is 21.5 Å². The summed E-state index contributed by atoms with van der Waals surface area (Å²) in [5, 5.41) is 15.0. The van der Waals surface area contributed by atoms with E-state index >= 15 is 0 Å². The zero-order chi connectivity index (χ0) is 14.6. The quantitative estimate of drug-likeness (QED) is 0.580. The minimum Gasteiger partial charge on any atom is -0.343 e. The Balaban J connectivity index is 2.77. The highest BCUT2D eigenvalue weighted by atomic mass is 16.6. The van der Waals surface area contributed by atoms with Crippen LogP contribution in [-0.4, -0.2) is 38.6 Å². The van der Waals surface area contributed by atoms with E-state index in [-0.39, 0.29) is 11.6 Å². The summed E-state index contributed by atoms with van der Waals surface area (Å²) in [7, 11) is 0. The molecule has 0 fully saturated rings. The fraction of sp³-hybridized carbons (Fsp3) is 0.667. The van der Waals surface area contributed by atoms with Crippen molar-refractivity contribution in [2.75, 3.05) is 13.1 Å². The standard InChI is InChI=1S/C12H20N4O3/c1-5-14(6-2)11(17)7-8-15-10(4)12(16(18)19)9(3)13-15/h5-8H2,1-4H3. The molecule has 7 heteroatoms. The van der Waals surface area contributed by atoms with Gasteiger partial charge in [0.05, 0.1) is 11.5 Å². The largest absolute Gasteiger partial charge is 0.343 e. The SMILES string of the molecule is CCN(CC)C(=O)CCn1nc(C)c([N+](=O)[O-])c1C. The summed E-state index contributed by atoms with van der Waals surface area (Å²) < 4.78 is 1.54. The number of rotatable bonds is 6. The Morgan fingerprint density at radius 2 is 1.95 bits per heavy atom. The first-order chi connectivity index (χ1) is 8.92. The third-order valence-corrected chi connectivity index (χ3v) is 3.18. The number of aryl methyl sites for hydroxylation is 2. The first-order valence-corrected chi connectivity index (χ1v) is 6.38. The van der Waals surface area contributed by atoms with Crippen LogP contribution >= 0.6 is 0 Å². The Hall–Kier alpha value is -1.92. The van der Waals surface area contributed by atoms with E-state index in [4.69, 9.17) is 0 Å². The first kappa shape index (κ1) is 15.1. The topological polar surface area (TPSA) is 81.3 Å². The van der Waals surface area contributed by atoms with Crippen LogP contribution in [0.3, 0.4) is 0 Å². The summed E-state index contributed by atoms with van der Waals surface area (Å²) in [5.41, 5.74) is 0.919. The van der Waals surface area contributed by atoms with Crippen LogP contribution in [0.5, 0.6) is 0 Å². The van der Waals surface area contributed by atoms with E-state index in [0.717, 1.165) is 0 Å². The van der Waals surface area contributed by atoms with Gasteiger partial charge in [0.2, 0.25) is 5.91 Å². The molecule has 0 radical (unpaired) electrons. The number of nitrogens with zero attached hydrogens (tertiary/aromatic N) is 4. The molecule has 0 aliphatic rings. The second-order valence-electron chi connectivity index (χ2n) is 4.32. The Morgan fingerprint density at radius 3 is 2.37 bits per heavy atom. The maximum Gasteiger partial charge on any atom is 0.312 e.